The molecule has 1 aliphatic heterocycles. The van der Waals surface area contributed by atoms with E-state index in [-0.39, 0.29) is 0 Å². The van der Waals surface area contributed by atoms with Crippen LogP contribution in [-0.2, 0) is 14.3 Å². The minimum Gasteiger partial charge on any atom is -0.449 e. The number of carbonyl (C=O) groups excluding carboxylic acids is 2. The molecule has 1 atom stereocenters. The number of para-hydroxylation sites is 1. The van der Waals surface area contributed by atoms with Crippen molar-refractivity contribution in [3.05, 3.63) is 95.7 Å². The van der Waals surface area contributed by atoms with Crippen molar-refractivity contribution in [3.8, 4) is 16.9 Å². The molecule has 8 nitrogen and oxygen atoms in total. The molecule has 1 unspecified atom stereocenters. The van der Waals surface area contributed by atoms with Crippen LogP contribution in [0.1, 0.15) is 28.4 Å². The van der Waals surface area contributed by atoms with Crippen LogP contribution in [0, 0.1) is 13.8 Å². The second-order valence-electron chi connectivity index (χ2n) is 9.67. The van der Waals surface area contributed by atoms with Crippen LogP contribution < -0.4 is 10.2 Å². The first-order valence-electron chi connectivity index (χ1n) is 13.1. The van der Waals surface area contributed by atoms with Gasteiger partial charge >= 0.3 is 5.97 Å². The van der Waals surface area contributed by atoms with Crippen molar-refractivity contribution in [1.82, 2.24) is 9.78 Å². The Labute approximate surface area is 228 Å². The fourth-order valence-corrected chi connectivity index (χ4v) is 4.61. The molecule has 0 saturated carbocycles. The second-order valence-corrected chi connectivity index (χ2v) is 9.67. The van der Waals surface area contributed by atoms with Crippen LogP contribution >= 0.6 is 0 Å². The van der Waals surface area contributed by atoms with Gasteiger partial charge < -0.3 is 19.7 Å². The molecule has 0 bridgehead atoms. The highest BCUT2D eigenvalue weighted by molar-refractivity contribution is 6.00. The number of hydrogen-bond donors (Lipinski definition) is 1. The number of nitrogens with one attached hydrogen (secondary N) is 1. The molecule has 1 saturated heterocycles. The zero-order chi connectivity index (χ0) is 27.4. The van der Waals surface area contributed by atoms with E-state index in [9.17, 15) is 9.59 Å². The van der Waals surface area contributed by atoms with Crippen molar-refractivity contribution in [2.45, 2.75) is 26.9 Å². The van der Waals surface area contributed by atoms with E-state index in [4.69, 9.17) is 14.6 Å². The fraction of sp³-hybridized carbons (Fsp3) is 0.258. The van der Waals surface area contributed by atoms with Crippen LogP contribution in [0.25, 0.3) is 16.9 Å². The maximum Gasteiger partial charge on any atom is 0.342 e. The van der Waals surface area contributed by atoms with E-state index in [0.29, 0.717) is 30.2 Å². The average Bonchev–Trinajstić information content (AvgIpc) is 3.40. The number of amides is 1. The third kappa shape index (κ3) is 6.02. The number of benzene rings is 3. The standard InChI is InChI=1S/C31H32N4O4/c1-21-9-14-27(22(2)19-21)29-28(20-35(33-29)26-7-5-4-6-8-26)31(37)39-23(3)30(36)32-24-10-12-25(13-11-24)34-15-17-38-18-16-34/h4-14,19-20,23H,15-18H2,1-3H3,(H,32,36). The normalized spacial score (nSPS) is 14.1. The molecule has 0 aliphatic carbocycles. The number of aromatic nitrogens is 2. The Morgan fingerprint density at radius 3 is 2.36 bits per heavy atom. The minimum atomic E-state index is -1.01. The Morgan fingerprint density at radius 2 is 1.67 bits per heavy atom. The second kappa shape index (κ2) is 11.5. The first-order chi connectivity index (χ1) is 18.9. The molecule has 0 radical (unpaired) electrons. The molecule has 1 amide bonds. The van der Waals surface area contributed by atoms with Gasteiger partial charge in [-0.25, -0.2) is 9.48 Å². The maximum atomic E-state index is 13.4. The summed E-state index contributed by atoms with van der Waals surface area (Å²) < 4.78 is 12.7. The topological polar surface area (TPSA) is 85.7 Å². The Morgan fingerprint density at radius 1 is 0.949 bits per heavy atom. The molecule has 1 N–H and O–H groups in total. The number of rotatable bonds is 7. The first-order valence-corrected chi connectivity index (χ1v) is 13.1. The Kier molecular flexibility index (Phi) is 7.74. The number of hydrogen-bond acceptors (Lipinski definition) is 6. The highest BCUT2D eigenvalue weighted by Crippen LogP contribution is 2.28. The van der Waals surface area contributed by atoms with Gasteiger partial charge in [0.05, 0.1) is 18.9 Å². The molecular formula is C31H32N4O4. The number of morpholine rings is 1. The molecule has 1 aliphatic rings. The predicted molar refractivity (Wildman–Crippen MR) is 151 cm³/mol. The van der Waals surface area contributed by atoms with Crippen molar-refractivity contribution >= 4 is 23.3 Å². The Hall–Kier alpha value is -4.43. The van der Waals surface area contributed by atoms with Gasteiger partial charge in [-0.05, 0) is 62.7 Å². The summed E-state index contributed by atoms with van der Waals surface area (Å²) in [6.45, 7) is 8.65. The number of carbonyl (C=O) groups is 2. The lowest BCUT2D eigenvalue weighted by Gasteiger charge is -2.28. The van der Waals surface area contributed by atoms with E-state index in [1.807, 2.05) is 86.6 Å². The van der Waals surface area contributed by atoms with E-state index < -0.39 is 18.0 Å². The molecule has 4 aromatic rings. The summed E-state index contributed by atoms with van der Waals surface area (Å²) in [5.41, 5.74) is 6.26. The van der Waals surface area contributed by atoms with Gasteiger partial charge in [-0.2, -0.15) is 5.10 Å². The SMILES string of the molecule is Cc1ccc(-c2nn(-c3ccccc3)cc2C(=O)OC(C)C(=O)Nc2ccc(N3CCOCC3)cc2)c(C)c1. The number of anilines is 2. The van der Waals surface area contributed by atoms with Gasteiger partial charge in [-0.3, -0.25) is 4.79 Å². The van der Waals surface area contributed by atoms with E-state index >= 15 is 0 Å². The van der Waals surface area contributed by atoms with Gasteiger partial charge in [0, 0.05) is 36.2 Å². The van der Waals surface area contributed by atoms with Crippen molar-refractivity contribution < 1.29 is 19.1 Å². The quantitative estimate of drug-likeness (QED) is 0.336. The summed E-state index contributed by atoms with van der Waals surface area (Å²) in [5, 5.41) is 7.57. The molecule has 2 heterocycles. The van der Waals surface area contributed by atoms with Gasteiger partial charge in [0.2, 0.25) is 0 Å². The van der Waals surface area contributed by atoms with E-state index in [0.717, 1.165) is 41.2 Å². The Balaban J connectivity index is 1.32. The summed E-state index contributed by atoms with van der Waals surface area (Å²) in [6, 6.07) is 23.2. The third-order valence-electron chi connectivity index (χ3n) is 6.76. The molecule has 200 valence electrons. The highest BCUT2D eigenvalue weighted by Gasteiger charge is 2.25. The average molecular weight is 525 g/mol. The van der Waals surface area contributed by atoms with Crippen molar-refractivity contribution in [2.75, 3.05) is 36.5 Å². The summed E-state index contributed by atoms with van der Waals surface area (Å²) in [5.74, 6) is -1.02. The van der Waals surface area contributed by atoms with Crippen LogP contribution in [0.15, 0.2) is 79.0 Å². The van der Waals surface area contributed by atoms with Crippen LogP contribution in [0.2, 0.25) is 0 Å². The van der Waals surface area contributed by atoms with Crippen LogP contribution in [0.3, 0.4) is 0 Å². The molecule has 8 heteroatoms. The lowest BCUT2D eigenvalue weighted by Crippen LogP contribution is -2.36. The van der Waals surface area contributed by atoms with Gasteiger partial charge in [0.1, 0.15) is 11.3 Å². The predicted octanol–water partition coefficient (Wildman–Crippen LogP) is 5.18. The van der Waals surface area contributed by atoms with Gasteiger partial charge in [0.15, 0.2) is 6.10 Å². The smallest absolute Gasteiger partial charge is 0.342 e. The number of nitrogens with zero attached hydrogens (tertiary/aromatic N) is 3. The number of esters is 1. The van der Waals surface area contributed by atoms with Crippen LogP contribution in [0.4, 0.5) is 11.4 Å². The van der Waals surface area contributed by atoms with Crippen LogP contribution in [0.5, 0.6) is 0 Å². The van der Waals surface area contributed by atoms with E-state index in [2.05, 4.69) is 10.2 Å². The third-order valence-corrected chi connectivity index (χ3v) is 6.76. The monoisotopic (exact) mass is 524 g/mol. The van der Waals surface area contributed by atoms with Crippen molar-refractivity contribution in [2.24, 2.45) is 0 Å². The number of aryl methyl sites for hydroxylation is 2. The number of ether oxygens (including phenoxy) is 2. The van der Waals surface area contributed by atoms with E-state index in [1.54, 1.807) is 17.8 Å². The van der Waals surface area contributed by atoms with Gasteiger partial charge in [-0.15, -0.1) is 0 Å². The molecule has 5 rings (SSSR count). The molecule has 1 fully saturated rings. The summed E-state index contributed by atoms with van der Waals surface area (Å²) in [4.78, 5) is 28.5. The lowest BCUT2D eigenvalue weighted by molar-refractivity contribution is -0.123. The highest BCUT2D eigenvalue weighted by atomic mass is 16.5. The summed E-state index contributed by atoms with van der Waals surface area (Å²) in [6.07, 6.45) is 0.643. The molecular weight excluding hydrogens is 492 g/mol. The first kappa shape index (κ1) is 26.2. The molecule has 1 aromatic heterocycles. The van der Waals surface area contributed by atoms with Crippen molar-refractivity contribution in [3.63, 3.8) is 0 Å². The van der Waals surface area contributed by atoms with Crippen LogP contribution in [-0.4, -0.2) is 54.1 Å². The molecule has 39 heavy (non-hydrogen) atoms. The summed E-state index contributed by atoms with van der Waals surface area (Å²) in [7, 11) is 0. The maximum absolute atomic E-state index is 13.4. The lowest BCUT2D eigenvalue weighted by atomic mass is 10.0. The molecule has 3 aromatic carbocycles. The summed E-state index contributed by atoms with van der Waals surface area (Å²) >= 11 is 0. The Bertz CT molecular complexity index is 1460. The largest absolute Gasteiger partial charge is 0.449 e. The fourth-order valence-electron chi connectivity index (χ4n) is 4.61. The van der Waals surface area contributed by atoms with Gasteiger partial charge in [0.25, 0.3) is 5.91 Å². The van der Waals surface area contributed by atoms with Gasteiger partial charge in [-0.1, -0.05) is 42.0 Å². The molecule has 0 spiro atoms. The van der Waals surface area contributed by atoms with E-state index in [1.165, 1.54) is 0 Å². The zero-order valence-electron chi connectivity index (χ0n) is 22.4. The van der Waals surface area contributed by atoms with Crippen molar-refractivity contribution in [1.29, 1.82) is 0 Å². The zero-order valence-corrected chi connectivity index (χ0v) is 22.4. The minimum absolute atomic E-state index is 0.292.